The van der Waals surface area contributed by atoms with Crippen molar-refractivity contribution in [3.05, 3.63) is 58.6 Å². The molecule has 1 aliphatic rings. The van der Waals surface area contributed by atoms with Crippen LogP contribution in [0.3, 0.4) is 0 Å². The van der Waals surface area contributed by atoms with Crippen LogP contribution < -0.4 is 10.6 Å². The second kappa shape index (κ2) is 8.22. The van der Waals surface area contributed by atoms with E-state index in [1.807, 2.05) is 0 Å². The van der Waals surface area contributed by atoms with Crippen LogP contribution in [0, 0.1) is 5.92 Å². The lowest BCUT2D eigenvalue weighted by atomic mass is 10.2. The summed E-state index contributed by atoms with van der Waals surface area (Å²) in [6, 6.07) is 13.6. The minimum Gasteiger partial charge on any atom is -0.326 e. The first kappa shape index (κ1) is 19.6. The number of amides is 2. The number of halogens is 1. The highest BCUT2D eigenvalue weighted by atomic mass is 79.9. The second-order valence-electron chi connectivity index (χ2n) is 6.55. The summed E-state index contributed by atoms with van der Waals surface area (Å²) in [6.45, 7) is 0. The first-order valence-electron chi connectivity index (χ1n) is 8.46. The molecule has 142 valence electrons. The number of hydrogen-bond donors (Lipinski definition) is 2. The molecule has 0 atom stereocenters. The van der Waals surface area contributed by atoms with E-state index >= 15 is 0 Å². The van der Waals surface area contributed by atoms with Gasteiger partial charge >= 0.3 is 0 Å². The lowest BCUT2D eigenvalue weighted by Crippen LogP contribution is -2.24. The fourth-order valence-electron chi connectivity index (χ4n) is 2.56. The molecule has 6 nitrogen and oxygen atoms in total. The number of rotatable bonds is 7. The highest BCUT2D eigenvalue weighted by Gasteiger charge is 2.29. The Labute approximate surface area is 166 Å². The van der Waals surface area contributed by atoms with Gasteiger partial charge in [-0.1, -0.05) is 28.1 Å². The summed E-state index contributed by atoms with van der Waals surface area (Å²) in [5, 5.41) is 5.37. The summed E-state index contributed by atoms with van der Waals surface area (Å²) in [4.78, 5) is 23.8. The lowest BCUT2D eigenvalue weighted by molar-refractivity contribution is -0.117. The Morgan fingerprint density at radius 3 is 2.22 bits per heavy atom. The third kappa shape index (κ3) is 6.18. The summed E-state index contributed by atoms with van der Waals surface area (Å²) in [7, 11) is -3.59. The van der Waals surface area contributed by atoms with Crippen molar-refractivity contribution in [1.82, 2.24) is 0 Å². The molecule has 1 aliphatic carbocycles. The predicted molar refractivity (Wildman–Crippen MR) is 108 cm³/mol. The molecule has 0 heterocycles. The van der Waals surface area contributed by atoms with E-state index in [1.165, 1.54) is 0 Å². The van der Waals surface area contributed by atoms with Crippen molar-refractivity contribution in [2.45, 2.75) is 18.6 Å². The Kier molecular flexibility index (Phi) is 5.96. The van der Waals surface area contributed by atoms with Crippen LogP contribution in [0.4, 0.5) is 11.4 Å². The van der Waals surface area contributed by atoms with Crippen LogP contribution in [0.5, 0.6) is 0 Å². The largest absolute Gasteiger partial charge is 0.326 e. The monoisotopic (exact) mass is 450 g/mol. The molecule has 0 spiro atoms. The van der Waals surface area contributed by atoms with Gasteiger partial charge in [0.2, 0.25) is 11.8 Å². The fourth-order valence-corrected chi connectivity index (χ4v) is 4.26. The lowest BCUT2D eigenvalue weighted by Gasteiger charge is -2.08. The molecule has 3 rings (SSSR count). The molecule has 2 aromatic carbocycles. The van der Waals surface area contributed by atoms with Crippen LogP contribution in [0.15, 0.2) is 53.0 Å². The maximum atomic E-state index is 12.2. The summed E-state index contributed by atoms with van der Waals surface area (Å²) in [5.74, 6) is -1.28. The number of carbonyl (C=O) groups is 2. The van der Waals surface area contributed by atoms with E-state index in [0.29, 0.717) is 16.9 Å². The van der Waals surface area contributed by atoms with Crippen LogP contribution in [-0.4, -0.2) is 26.0 Å². The molecule has 0 aromatic heterocycles. The maximum absolute atomic E-state index is 12.2. The van der Waals surface area contributed by atoms with E-state index in [-0.39, 0.29) is 17.6 Å². The molecule has 0 radical (unpaired) electrons. The molecule has 1 fully saturated rings. The van der Waals surface area contributed by atoms with E-state index in [1.54, 1.807) is 48.5 Å². The highest BCUT2D eigenvalue weighted by Crippen LogP contribution is 2.30. The molecule has 8 heteroatoms. The van der Waals surface area contributed by atoms with E-state index in [2.05, 4.69) is 26.6 Å². The molecular formula is C19H19BrN2O4S. The Morgan fingerprint density at radius 1 is 1.00 bits per heavy atom. The normalized spacial score (nSPS) is 13.8. The molecule has 0 saturated heterocycles. The van der Waals surface area contributed by atoms with Crippen molar-refractivity contribution in [1.29, 1.82) is 0 Å². The molecule has 2 aromatic rings. The van der Waals surface area contributed by atoms with Gasteiger partial charge in [0, 0.05) is 21.8 Å². The third-order valence-electron chi connectivity index (χ3n) is 4.01. The van der Waals surface area contributed by atoms with Gasteiger partial charge in [-0.25, -0.2) is 8.42 Å². The van der Waals surface area contributed by atoms with E-state index in [9.17, 15) is 18.0 Å². The quantitative estimate of drug-likeness (QED) is 0.676. The van der Waals surface area contributed by atoms with Gasteiger partial charge in [0.1, 0.15) is 5.75 Å². The molecule has 0 bridgehead atoms. The first-order valence-corrected chi connectivity index (χ1v) is 11.1. The standard InChI is InChI=1S/C19H19BrN2O4S/c20-15-3-1-2-13(10-15)11-27(25,26)12-18(23)21-16-6-8-17(9-7-16)22-19(24)14-4-5-14/h1-3,6-10,14H,4-5,11-12H2,(H,21,23)(H,22,24). The topological polar surface area (TPSA) is 92.3 Å². The second-order valence-corrected chi connectivity index (χ2v) is 9.53. The number of hydrogen-bond acceptors (Lipinski definition) is 4. The summed E-state index contributed by atoms with van der Waals surface area (Å²) >= 11 is 3.30. The van der Waals surface area contributed by atoms with Gasteiger partial charge in [0.25, 0.3) is 0 Å². The number of sulfone groups is 1. The average molecular weight is 451 g/mol. The van der Waals surface area contributed by atoms with Crippen LogP contribution >= 0.6 is 15.9 Å². The van der Waals surface area contributed by atoms with E-state index in [4.69, 9.17) is 0 Å². The van der Waals surface area contributed by atoms with Crippen molar-refractivity contribution >= 4 is 49.0 Å². The highest BCUT2D eigenvalue weighted by molar-refractivity contribution is 9.10. The Bertz CT molecular complexity index is 954. The Morgan fingerprint density at radius 2 is 1.63 bits per heavy atom. The summed E-state index contributed by atoms with van der Waals surface area (Å²) < 4.78 is 25.3. The van der Waals surface area contributed by atoms with Crippen molar-refractivity contribution in [3.63, 3.8) is 0 Å². The van der Waals surface area contributed by atoms with E-state index < -0.39 is 21.5 Å². The smallest absolute Gasteiger partial charge is 0.239 e. The third-order valence-corrected chi connectivity index (χ3v) is 5.98. The van der Waals surface area contributed by atoms with Gasteiger partial charge in [-0.15, -0.1) is 0 Å². The van der Waals surface area contributed by atoms with Gasteiger partial charge in [-0.3, -0.25) is 9.59 Å². The molecule has 0 unspecified atom stereocenters. The minimum atomic E-state index is -3.59. The number of carbonyl (C=O) groups excluding carboxylic acids is 2. The zero-order valence-corrected chi connectivity index (χ0v) is 16.8. The number of nitrogens with one attached hydrogen (secondary N) is 2. The average Bonchev–Trinajstić information content (AvgIpc) is 3.40. The summed E-state index contributed by atoms with van der Waals surface area (Å²) in [6.07, 6.45) is 1.85. The Balaban J connectivity index is 1.54. The van der Waals surface area contributed by atoms with Crippen LogP contribution in [-0.2, 0) is 25.2 Å². The van der Waals surface area contributed by atoms with Crippen LogP contribution in [0.1, 0.15) is 18.4 Å². The van der Waals surface area contributed by atoms with Crippen molar-refractivity contribution < 1.29 is 18.0 Å². The van der Waals surface area contributed by atoms with Gasteiger partial charge in [0.05, 0.1) is 5.75 Å². The van der Waals surface area contributed by atoms with Gasteiger partial charge in [-0.05, 0) is 54.8 Å². The van der Waals surface area contributed by atoms with Crippen LogP contribution in [0.25, 0.3) is 0 Å². The number of benzene rings is 2. The van der Waals surface area contributed by atoms with Crippen LogP contribution in [0.2, 0.25) is 0 Å². The minimum absolute atomic E-state index is 0.00503. The zero-order chi connectivity index (χ0) is 19.4. The van der Waals surface area contributed by atoms with Crippen molar-refractivity contribution in [2.24, 2.45) is 5.92 Å². The maximum Gasteiger partial charge on any atom is 0.239 e. The van der Waals surface area contributed by atoms with Gasteiger partial charge in [-0.2, -0.15) is 0 Å². The van der Waals surface area contributed by atoms with Gasteiger partial charge < -0.3 is 10.6 Å². The first-order chi connectivity index (χ1) is 12.8. The molecule has 2 amide bonds. The predicted octanol–water partition coefficient (Wildman–Crippen LogP) is 3.35. The molecule has 27 heavy (non-hydrogen) atoms. The molecular weight excluding hydrogens is 432 g/mol. The molecule has 0 aliphatic heterocycles. The SMILES string of the molecule is O=C(CS(=O)(=O)Cc1cccc(Br)c1)Nc1ccc(NC(=O)C2CC2)cc1. The van der Waals surface area contributed by atoms with E-state index in [0.717, 1.165) is 17.3 Å². The Hall–Kier alpha value is -2.19. The van der Waals surface area contributed by atoms with Gasteiger partial charge in [0.15, 0.2) is 9.84 Å². The van der Waals surface area contributed by atoms with Crippen molar-refractivity contribution in [3.8, 4) is 0 Å². The van der Waals surface area contributed by atoms with Crippen molar-refractivity contribution in [2.75, 3.05) is 16.4 Å². The zero-order valence-electron chi connectivity index (χ0n) is 14.4. The fraction of sp³-hybridized carbons (Fsp3) is 0.263. The molecule has 2 N–H and O–H groups in total. The summed E-state index contributed by atoms with van der Waals surface area (Å²) in [5.41, 5.74) is 1.74. The molecule has 1 saturated carbocycles. The number of anilines is 2.